The monoisotopic (exact) mass is 347 g/mol. The molecule has 100 valence electrons. The second kappa shape index (κ2) is 5.08. The summed E-state index contributed by atoms with van der Waals surface area (Å²) in [7, 11) is 0. The third-order valence-electron chi connectivity index (χ3n) is 3.28. The van der Waals surface area contributed by atoms with Gasteiger partial charge in [0, 0.05) is 32.7 Å². The Balaban J connectivity index is 2.18. The molecule has 0 fully saturated rings. The fourth-order valence-electron chi connectivity index (χ4n) is 2.25. The van der Waals surface area contributed by atoms with Crippen LogP contribution in [0.15, 0.2) is 47.1 Å². The summed E-state index contributed by atoms with van der Waals surface area (Å²) in [6.07, 6.45) is 1.74. The third-order valence-corrected chi connectivity index (χ3v) is 4.57. The average Bonchev–Trinajstić information content (AvgIpc) is 2.84. The molecular formula is C16H11BrClNO. The Bertz CT molecular complexity index is 822. The minimum atomic E-state index is -0.0758. The number of aromatic amines is 1. The molecule has 0 atom stereocenters. The predicted octanol–water partition coefficient (Wildman–Crippen LogP) is 5.12. The van der Waals surface area contributed by atoms with Crippen molar-refractivity contribution in [1.29, 1.82) is 0 Å². The van der Waals surface area contributed by atoms with Gasteiger partial charge in [-0.05, 0) is 47.1 Å². The van der Waals surface area contributed by atoms with Crippen molar-refractivity contribution in [1.82, 2.24) is 4.98 Å². The molecule has 0 saturated heterocycles. The number of hydrogen-bond donors (Lipinski definition) is 1. The number of hydrogen-bond acceptors (Lipinski definition) is 1. The van der Waals surface area contributed by atoms with Crippen LogP contribution < -0.4 is 0 Å². The minimum absolute atomic E-state index is 0.0758. The fourth-order valence-corrected chi connectivity index (χ4v) is 2.82. The number of carbonyl (C=O) groups is 1. The zero-order chi connectivity index (χ0) is 14.3. The highest BCUT2D eigenvalue weighted by Crippen LogP contribution is 2.30. The highest BCUT2D eigenvalue weighted by Gasteiger charge is 2.17. The van der Waals surface area contributed by atoms with Crippen LogP contribution >= 0.6 is 27.5 Å². The van der Waals surface area contributed by atoms with E-state index in [-0.39, 0.29) is 5.78 Å². The molecule has 0 radical (unpaired) electrons. The Morgan fingerprint density at radius 1 is 1.20 bits per heavy atom. The second-order valence-corrected chi connectivity index (χ2v) is 5.91. The van der Waals surface area contributed by atoms with Crippen LogP contribution in [0.25, 0.3) is 10.9 Å². The molecule has 2 nitrogen and oxygen atoms in total. The van der Waals surface area contributed by atoms with Crippen molar-refractivity contribution >= 4 is 44.2 Å². The number of rotatable bonds is 2. The van der Waals surface area contributed by atoms with E-state index in [4.69, 9.17) is 11.6 Å². The molecule has 1 heterocycles. The number of aromatic nitrogens is 1. The van der Waals surface area contributed by atoms with Gasteiger partial charge in [-0.25, -0.2) is 0 Å². The van der Waals surface area contributed by atoms with Crippen molar-refractivity contribution in [2.75, 3.05) is 0 Å². The van der Waals surface area contributed by atoms with Crippen LogP contribution in [0, 0.1) is 6.92 Å². The largest absolute Gasteiger partial charge is 0.360 e. The van der Waals surface area contributed by atoms with E-state index in [1.165, 1.54) is 0 Å². The van der Waals surface area contributed by atoms with Crippen LogP contribution in [-0.4, -0.2) is 10.8 Å². The molecule has 3 rings (SSSR count). The lowest BCUT2D eigenvalue weighted by Gasteiger charge is -2.04. The van der Waals surface area contributed by atoms with Gasteiger partial charge >= 0.3 is 0 Å². The van der Waals surface area contributed by atoms with Crippen molar-refractivity contribution in [3.8, 4) is 0 Å². The van der Waals surface area contributed by atoms with Gasteiger partial charge in [0.25, 0.3) is 0 Å². The minimum Gasteiger partial charge on any atom is -0.360 e. The highest BCUT2D eigenvalue weighted by atomic mass is 79.9. The van der Waals surface area contributed by atoms with Crippen molar-refractivity contribution in [2.24, 2.45) is 0 Å². The molecule has 0 aliphatic rings. The van der Waals surface area contributed by atoms with Crippen molar-refractivity contribution in [3.05, 3.63) is 68.8 Å². The number of benzene rings is 2. The molecule has 4 heteroatoms. The summed E-state index contributed by atoms with van der Waals surface area (Å²) < 4.78 is 0.723. The Hall–Kier alpha value is -1.58. The lowest BCUT2D eigenvalue weighted by atomic mass is 10.0. The van der Waals surface area contributed by atoms with Gasteiger partial charge in [-0.3, -0.25) is 4.79 Å². The van der Waals surface area contributed by atoms with Crippen LogP contribution in [-0.2, 0) is 0 Å². The molecule has 0 spiro atoms. The zero-order valence-corrected chi connectivity index (χ0v) is 13.0. The summed E-state index contributed by atoms with van der Waals surface area (Å²) in [5.74, 6) is -0.0758. The maximum Gasteiger partial charge on any atom is 0.196 e. The van der Waals surface area contributed by atoms with Crippen LogP contribution in [0.4, 0.5) is 0 Å². The first kappa shape index (κ1) is 13.4. The number of ketones is 1. The Labute approximate surface area is 129 Å². The smallest absolute Gasteiger partial charge is 0.196 e. The number of nitrogens with one attached hydrogen (secondary N) is 1. The summed E-state index contributed by atoms with van der Waals surface area (Å²) in [4.78, 5) is 15.8. The number of fused-ring (bicyclic) bond motifs is 1. The van der Waals surface area contributed by atoms with E-state index >= 15 is 0 Å². The fraction of sp³-hybridized carbons (Fsp3) is 0.0625. The van der Waals surface area contributed by atoms with Gasteiger partial charge in [-0.15, -0.1) is 0 Å². The Morgan fingerprint density at radius 3 is 2.80 bits per heavy atom. The van der Waals surface area contributed by atoms with Crippen LogP contribution in [0.3, 0.4) is 0 Å². The molecule has 0 amide bonds. The summed E-state index contributed by atoms with van der Waals surface area (Å²) in [6, 6.07) is 11.4. The lowest BCUT2D eigenvalue weighted by Crippen LogP contribution is -2.01. The Kier molecular flexibility index (Phi) is 3.40. The maximum absolute atomic E-state index is 12.7. The normalized spacial score (nSPS) is 10.9. The van der Waals surface area contributed by atoms with Gasteiger partial charge < -0.3 is 4.98 Å². The number of halogens is 2. The van der Waals surface area contributed by atoms with Gasteiger partial charge in [-0.1, -0.05) is 29.3 Å². The topological polar surface area (TPSA) is 32.9 Å². The van der Waals surface area contributed by atoms with Crippen LogP contribution in [0.2, 0.25) is 5.02 Å². The number of H-pyrrole nitrogens is 1. The first-order valence-corrected chi connectivity index (χ1v) is 7.31. The van der Waals surface area contributed by atoms with Crippen molar-refractivity contribution < 1.29 is 4.79 Å². The van der Waals surface area contributed by atoms with E-state index in [2.05, 4.69) is 20.9 Å². The van der Waals surface area contributed by atoms with Gasteiger partial charge in [-0.2, -0.15) is 0 Å². The molecule has 0 aliphatic carbocycles. The van der Waals surface area contributed by atoms with Gasteiger partial charge in [0.15, 0.2) is 5.78 Å². The lowest BCUT2D eigenvalue weighted by molar-refractivity contribution is 0.104. The third kappa shape index (κ3) is 2.17. The molecular weight excluding hydrogens is 338 g/mol. The molecule has 0 unspecified atom stereocenters. The van der Waals surface area contributed by atoms with E-state index in [0.29, 0.717) is 16.1 Å². The van der Waals surface area contributed by atoms with Crippen molar-refractivity contribution in [3.63, 3.8) is 0 Å². The van der Waals surface area contributed by atoms with Crippen LogP contribution in [0.5, 0.6) is 0 Å². The number of aryl methyl sites for hydroxylation is 1. The molecule has 0 aliphatic heterocycles. The summed E-state index contributed by atoms with van der Waals surface area (Å²) in [5.41, 5.74) is 3.21. The SMILES string of the molecule is Cc1ccc2[nH]cc(C(=O)c3cccc(Br)c3Cl)c2c1. The van der Waals surface area contributed by atoms with E-state index in [1.807, 2.05) is 37.3 Å². The first-order valence-electron chi connectivity index (χ1n) is 6.14. The van der Waals surface area contributed by atoms with E-state index in [1.54, 1.807) is 12.3 Å². The summed E-state index contributed by atoms with van der Waals surface area (Å²) in [5, 5.41) is 1.37. The maximum atomic E-state index is 12.7. The van der Waals surface area contributed by atoms with Crippen molar-refractivity contribution in [2.45, 2.75) is 6.92 Å². The molecule has 0 bridgehead atoms. The van der Waals surface area contributed by atoms with Gasteiger partial charge in [0.05, 0.1) is 5.02 Å². The molecule has 20 heavy (non-hydrogen) atoms. The molecule has 3 aromatic rings. The quantitative estimate of drug-likeness (QED) is 0.640. The molecule has 1 aromatic heterocycles. The van der Waals surface area contributed by atoms with E-state index in [0.717, 1.165) is 20.9 Å². The summed E-state index contributed by atoms with van der Waals surface area (Å²) in [6.45, 7) is 2.01. The summed E-state index contributed by atoms with van der Waals surface area (Å²) >= 11 is 9.56. The Morgan fingerprint density at radius 2 is 2.00 bits per heavy atom. The highest BCUT2D eigenvalue weighted by molar-refractivity contribution is 9.10. The van der Waals surface area contributed by atoms with E-state index < -0.39 is 0 Å². The predicted molar refractivity (Wildman–Crippen MR) is 85.6 cm³/mol. The zero-order valence-electron chi connectivity index (χ0n) is 10.7. The van der Waals surface area contributed by atoms with E-state index in [9.17, 15) is 4.79 Å². The van der Waals surface area contributed by atoms with Gasteiger partial charge in [0.1, 0.15) is 0 Å². The molecule has 2 aromatic carbocycles. The van der Waals surface area contributed by atoms with Crippen LogP contribution in [0.1, 0.15) is 21.5 Å². The molecule has 0 saturated carbocycles. The average molecular weight is 349 g/mol. The second-order valence-electron chi connectivity index (χ2n) is 4.68. The van der Waals surface area contributed by atoms with Gasteiger partial charge in [0.2, 0.25) is 0 Å². The molecule has 1 N–H and O–H groups in total. The standard InChI is InChI=1S/C16H11BrClNO/c1-9-5-6-14-11(7-9)12(8-19-14)16(20)10-3-2-4-13(17)15(10)18/h2-8,19H,1H3. The first-order chi connectivity index (χ1) is 9.58. The number of carbonyl (C=O) groups excluding carboxylic acids is 1.